The fourth-order valence-electron chi connectivity index (χ4n) is 4.21. The average Bonchev–Trinajstić information content (AvgIpc) is 2.71. The Kier molecular flexibility index (Phi) is 7.05. The van der Waals surface area contributed by atoms with Gasteiger partial charge in [-0.15, -0.1) is 0 Å². The van der Waals surface area contributed by atoms with Crippen molar-refractivity contribution in [2.45, 2.75) is 45.1 Å². The number of benzene rings is 3. The van der Waals surface area contributed by atoms with E-state index in [0.29, 0.717) is 10.9 Å². The third-order valence-corrected chi connectivity index (χ3v) is 5.49. The Balaban J connectivity index is 2.29. The Morgan fingerprint density at radius 3 is 1.97 bits per heavy atom. The summed E-state index contributed by atoms with van der Waals surface area (Å²) in [5.41, 5.74) is -2.39. The standard InChI is InChI=1S/C24H25F6NO/c1-3-9-31(10-4-2)14-21(32)19-12-15-11-16(23(25,26)27)13-20(24(28,29)30)22(15)18-8-6-5-7-17(18)19/h5-8,11-13,21,32H,3-4,9-10,14H2,1-2H3/t21-/m1/s1. The second-order valence-electron chi connectivity index (χ2n) is 7.95. The van der Waals surface area contributed by atoms with Crippen molar-refractivity contribution >= 4 is 21.5 Å². The van der Waals surface area contributed by atoms with Gasteiger partial charge in [-0.2, -0.15) is 26.3 Å². The summed E-state index contributed by atoms with van der Waals surface area (Å²) < 4.78 is 81.5. The van der Waals surface area contributed by atoms with Crippen molar-refractivity contribution in [2.24, 2.45) is 0 Å². The van der Waals surface area contributed by atoms with E-state index in [-0.39, 0.29) is 28.8 Å². The van der Waals surface area contributed by atoms with E-state index in [4.69, 9.17) is 0 Å². The number of halogens is 6. The summed E-state index contributed by atoms with van der Waals surface area (Å²) in [6.45, 7) is 5.69. The van der Waals surface area contributed by atoms with Crippen molar-refractivity contribution < 1.29 is 31.4 Å². The molecule has 0 heterocycles. The molecule has 0 unspecified atom stereocenters. The van der Waals surface area contributed by atoms with Crippen LogP contribution in [0.3, 0.4) is 0 Å². The average molecular weight is 457 g/mol. The van der Waals surface area contributed by atoms with Crippen LogP contribution in [-0.4, -0.2) is 29.6 Å². The Bertz CT molecular complexity index is 1080. The molecule has 3 aromatic rings. The minimum Gasteiger partial charge on any atom is -0.387 e. The van der Waals surface area contributed by atoms with Crippen LogP contribution < -0.4 is 0 Å². The number of aliphatic hydroxyl groups is 1. The first-order valence-corrected chi connectivity index (χ1v) is 10.5. The lowest BCUT2D eigenvalue weighted by molar-refractivity contribution is -0.142. The molecule has 1 N–H and O–H groups in total. The van der Waals surface area contributed by atoms with Crippen LogP contribution in [0.1, 0.15) is 49.5 Å². The van der Waals surface area contributed by atoms with Crippen LogP contribution in [0.2, 0.25) is 0 Å². The highest BCUT2D eigenvalue weighted by Crippen LogP contribution is 2.43. The molecule has 32 heavy (non-hydrogen) atoms. The number of hydrogen-bond donors (Lipinski definition) is 1. The number of nitrogens with zero attached hydrogens (tertiary/aromatic N) is 1. The smallest absolute Gasteiger partial charge is 0.387 e. The number of hydrogen-bond acceptors (Lipinski definition) is 2. The molecule has 8 heteroatoms. The second-order valence-corrected chi connectivity index (χ2v) is 7.95. The van der Waals surface area contributed by atoms with Gasteiger partial charge < -0.3 is 10.0 Å². The van der Waals surface area contributed by atoms with Crippen molar-refractivity contribution in [3.05, 3.63) is 59.2 Å². The number of alkyl halides is 6. The first kappa shape index (κ1) is 24.3. The third kappa shape index (κ3) is 5.02. The highest BCUT2D eigenvalue weighted by atomic mass is 19.4. The van der Waals surface area contributed by atoms with Crippen LogP contribution in [0.4, 0.5) is 26.3 Å². The normalized spacial score (nSPS) is 13.9. The Morgan fingerprint density at radius 2 is 1.44 bits per heavy atom. The van der Waals surface area contributed by atoms with Crippen molar-refractivity contribution in [3.8, 4) is 0 Å². The third-order valence-electron chi connectivity index (χ3n) is 5.49. The molecule has 0 aromatic heterocycles. The monoisotopic (exact) mass is 457 g/mol. The molecular weight excluding hydrogens is 432 g/mol. The number of rotatable bonds is 7. The molecule has 3 aromatic carbocycles. The Hall–Kier alpha value is -2.32. The van der Waals surface area contributed by atoms with Gasteiger partial charge in [0.2, 0.25) is 0 Å². The lowest BCUT2D eigenvalue weighted by atomic mass is 9.90. The molecule has 0 bridgehead atoms. The van der Waals surface area contributed by atoms with Crippen LogP contribution in [-0.2, 0) is 12.4 Å². The second kappa shape index (κ2) is 9.27. The van der Waals surface area contributed by atoms with Gasteiger partial charge in [0.1, 0.15) is 0 Å². The minimum atomic E-state index is -4.97. The zero-order valence-electron chi connectivity index (χ0n) is 17.8. The highest BCUT2D eigenvalue weighted by molar-refractivity contribution is 6.11. The van der Waals surface area contributed by atoms with Gasteiger partial charge in [0.25, 0.3) is 0 Å². The summed E-state index contributed by atoms with van der Waals surface area (Å²) in [6, 6.07) is 8.37. The molecule has 0 fully saturated rings. The maximum Gasteiger partial charge on any atom is 0.417 e. The molecule has 0 aliphatic rings. The van der Waals surface area contributed by atoms with Crippen molar-refractivity contribution in [1.82, 2.24) is 4.90 Å². The van der Waals surface area contributed by atoms with Gasteiger partial charge in [-0.25, -0.2) is 0 Å². The first-order chi connectivity index (χ1) is 15.0. The summed E-state index contributed by atoms with van der Waals surface area (Å²) in [4.78, 5) is 2.04. The molecule has 3 rings (SSSR count). The maximum absolute atomic E-state index is 13.8. The first-order valence-electron chi connectivity index (χ1n) is 10.5. The quantitative estimate of drug-likeness (QED) is 0.300. The van der Waals surface area contributed by atoms with Crippen molar-refractivity contribution in [2.75, 3.05) is 19.6 Å². The molecule has 0 saturated carbocycles. The van der Waals surface area contributed by atoms with Crippen molar-refractivity contribution in [3.63, 3.8) is 0 Å². The van der Waals surface area contributed by atoms with E-state index in [9.17, 15) is 31.4 Å². The largest absolute Gasteiger partial charge is 0.417 e. The summed E-state index contributed by atoms with van der Waals surface area (Å²) >= 11 is 0. The zero-order valence-corrected chi connectivity index (χ0v) is 17.8. The lowest BCUT2D eigenvalue weighted by Crippen LogP contribution is -2.30. The summed E-state index contributed by atoms with van der Waals surface area (Å²) in [6.07, 6.45) is -9.25. The predicted molar refractivity (Wildman–Crippen MR) is 113 cm³/mol. The Labute approximate surface area is 182 Å². The fourth-order valence-corrected chi connectivity index (χ4v) is 4.21. The van der Waals surface area contributed by atoms with E-state index in [2.05, 4.69) is 0 Å². The van der Waals surface area contributed by atoms with Crippen LogP contribution in [0.25, 0.3) is 21.5 Å². The van der Waals surface area contributed by atoms with Gasteiger partial charge in [-0.05, 0) is 65.9 Å². The van der Waals surface area contributed by atoms with Gasteiger partial charge in [0, 0.05) is 11.9 Å². The van der Waals surface area contributed by atoms with E-state index in [1.165, 1.54) is 18.2 Å². The van der Waals surface area contributed by atoms with Gasteiger partial charge >= 0.3 is 12.4 Å². The molecule has 2 nitrogen and oxygen atoms in total. The topological polar surface area (TPSA) is 23.5 Å². The van der Waals surface area contributed by atoms with E-state index in [1.54, 1.807) is 12.1 Å². The molecule has 1 atom stereocenters. The SMILES string of the molecule is CCCN(CCC)C[C@@H](O)c1cc2cc(C(F)(F)F)cc(C(F)(F)F)c2c2ccccc12. The molecule has 0 aliphatic heterocycles. The molecule has 0 radical (unpaired) electrons. The van der Waals surface area contributed by atoms with E-state index < -0.39 is 29.6 Å². The van der Waals surface area contributed by atoms with Gasteiger partial charge in [-0.1, -0.05) is 38.1 Å². The molecule has 174 valence electrons. The summed E-state index contributed by atoms with van der Waals surface area (Å²) in [5.74, 6) is 0. The van der Waals surface area contributed by atoms with Crippen molar-refractivity contribution in [1.29, 1.82) is 0 Å². The van der Waals surface area contributed by atoms with Crippen LogP contribution in [0.15, 0.2) is 42.5 Å². The van der Waals surface area contributed by atoms with Gasteiger partial charge in [-0.3, -0.25) is 0 Å². The predicted octanol–water partition coefficient (Wildman–Crippen LogP) is 7.19. The van der Waals surface area contributed by atoms with E-state index in [1.807, 2.05) is 18.7 Å². The Morgan fingerprint density at radius 1 is 0.844 bits per heavy atom. The summed E-state index contributed by atoms with van der Waals surface area (Å²) in [5, 5.41) is 11.0. The maximum atomic E-state index is 13.8. The van der Waals surface area contributed by atoms with Crippen LogP contribution in [0.5, 0.6) is 0 Å². The van der Waals surface area contributed by atoms with E-state index >= 15 is 0 Å². The minimum absolute atomic E-state index is 0.162. The number of fused-ring (bicyclic) bond motifs is 3. The lowest BCUT2D eigenvalue weighted by Gasteiger charge is -2.26. The van der Waals surface area contributed by atoms with Gasteiger partial charge in [0.05, 0.1) is 17.2 Å². The van der Waals surface area contributed by atoms with Gasteiger partial charge in [0.15, 0.2) is 0 Å². The van der Waals surface area contributed by atoms with Crippen LogP contribution in [0, 0.1) is 0 Å². The fraction of sp³-hybridized carbons (Fsp3) is 0.417. The van der Waals surface area contributed by atoms with E-state index in [0.717, 1.165) is 32.0 Å². The number of aliphatic hydroxyl groups excluding tert-OH is 1. The molecule has 0 aliphatic carbocycles. The summed E-state index contributed by atoms with van der Waals surface area (Å²) in [7, 11) is 0. The molecule has 0 saturated heterocycles. The molecule has 0 amide bonds. The molecule has 0 spiro atoms. The highest BCUT2D eigenvalue weighted by Gasteiger charge is 2.38. The zero-order chi connectivity index (χ0) is 23.7. The molecular formula is C24H25F6NO. The van der Waals surface area contributed by atoms with Crippen LogP contribution >= 0.6 is 0 Å².